The molecular formula is C13H16O2. The largest absolute Gasteiger partial charge is 0.462 e. The lowest BCUT2D eigenvalue weighted by Crippen LogP contribution is -2.06. The highest BCUT2D eigenvalue weighted by atomic mass is 16.5. The predicted molar refractivity (Wildman–Crippen MR) is 59.0 cm³/mol. The quantitative estimate of drug-likeness (QED) is 0.708. The molecule has 0 heterocycles. The van der Waals surface area contributed by atoms with Gasteiger partial charge in [-0.3, -0.25) is 0 Å². The van der Waals surface area contributed by atoms with E-state index in [1.807, 2.05) is 19.1 Å². The predicted octanol–water partition coefficient (Wildman–Crippen LogP) is 2.74. The van der Waals surface area contributed by atoms with Crippen LogP contribution in [0.5, 0.6) is 0 Å². The topological polar surface area (TPSA) is 26.3 Å². The zero-order valence-corrected chi connectivity index (χ0v) is 9.08. The van der Waals surface area contributed by atoms with E-state index in [-0.39, 0.29) is 5.97 Å². The van der Waals surface area contributed by atoms with Gasteiger partial charge in [-0.1, -0.05) is 13.0 Å². The summed E-state index contributed by atoms with van der Waals surface area (Å²) in [6, 6.07) is 5.92. The van der Waals surface area contributed by atoms with Gasteiger partial charge in [-0.15, -0.1) is 0 Å². The van der Waals surface area contributed by atoms with Gasteiger partial charge in [-0.25, -0.2) is 4.79 Å². The van der Waals surface area contributed by atoms with Crippen LogP contribution in [0.3, 0.4) is 0 Å². The van der Waals surface area contributed by atoms with Gasteiger partial charge >= 0.3 is 5.97 Å². The summed E-state index contributed by atoms with van der Waals surface area (Å²) in [5.41, 5.74) is 3.41. The number of benzene rings is 1. The first kappa shape index (κ1) is 10.2. The lowest BCUT2D eigenvalue weighted by atomic mass is 10.1. The molecule has 0 atom stereocenters. The van der Waals surface area contributed by atoms with Crippen molar-refractivity contribution in [3.05, 3.63) is 34.9 Å². The van der Waals surface area contributed by atoms with E-state index >= 15 is 0 Å². The highest BCUT2D eigenvalue weighted by molar-refractivity contribution is 5.89. The Morgan fingerprint density at radius 3 is 2.93 bits per heavy atom. The Labute approximate surface area is 90.3 Å². The van der Waals surface area contributed by atoms with Gasteiger partial charge < -0.3 is 4.74 Å². The molecule has 0 unspecified atom stereocenters. The van der Waals surface area contributed by atoms with Crippen LogP contribution in [0.1, 0.15) is 41.3 Å². The van der Waals surface area contributed by atoms with E-state index in [0.717, 1.165) is 19.3 Å². The van der Waals surface area contributed by atoms with Crippen LogP contribution in [0.15, 0.2) is 18.2 Å². The minimum absolute atomic E-state index is 0.188. The highest BCUT2D eigenvalue weighted by Crippen LogP contribution is 2.23. The first-order valence-electron chi connectivity index (χ1n) is 5.60. The molecule has 2 heteroatoms. The Morgan fingerprint density at radius 1 is 1.33 bits per heavy atom. The summed E-state index contributed by atoms with van der Waals surface area (Å²) in [7, 11) is 0. The van der Waals surface area contributed by atoms with Crippen molar-refractivity contribution in [1.29, 1.82) is 0 Å². The molecule has 1 aromatic rings. The van der Waals surface area contributed by atoms with Crippen LogP contribution >= 0.6 is 0 Å². The third-order valence-electron chi connectivity index (χ3n) is 2.77. The summed E-state index contributed by atoms with van der Waals surface area (Å²) >= 11 is 0. The summed E-state index contributed by atoms with van der Waals surface area (Å²) in [6.07, 6.45) is 4.34. The van der Waals surface area contributed by atoms with Gasteiger partial charge in [0.05, 0.1) is 12.2 Å². The molecule has 0 N–H and O–H groups in total. The van der Waals surface area contributed by atoms with Gasteiger partial charge in [0, 0.05) is 0 Å². The van der Waals surface area contributed by atoms with Crippen molar-refractivity contribution in [2.24, 2.45) is 0 Å². The summed E-state index contributed by atoms with van der Waals surface area (Å²) in [5, 5.41) is 0. The number of carbonyl (C=O) groups is 1. The molecule has 0 aliphatic heterocycles. The standard InChI is InChI=1S/C13H16O2/c1-2-8-15-13(14)12-7-6-10-4-3-5-11(10)9-12/h6-7,9H,2-5,8H2,1H3. The van der Waals surface area contributed by atoms with Crippen LogP contribution in [0, 0.1) is 0 Å². The Kier molecular flexibility index (Phi) is 3.05. The molecule has 0 amide bonds. The molecule has 0 aromatic heterocycles. The maximum absolute atomic E-state index is 11.6. The van der Waals surface area contributed by atoms with Crippen LogP contribution in [0.2, 0.25) is 0 Å². The number of carbonyl (C=O) groups excluding carboxylic acids is 1. The number of hydrogen-bond donors (Lipinski definition) is 0. The molecule has 0 radical (unpaired) electrons. The first-order chi connectivity index (χ1) is 7.31. The molecule has 0 saturated heterocycles. The fraction of sp³-hybridized carbons (Fsp3) is 0.462. The van der Waals surface area contributed by atoms with E-state index < -0.39 is 0 Å². The molecular weight excluding hydrogens is 188 g/mol. The molecule has 15 heavy (non-hydrogen) atoms. The van der Waals surface area contributed by atoms with Crippen LogP contribution in [-0.2, 0) is 17.6 Å². The summed E-state index contributed by atoms with van der Waals surface area (Å²) in [4.78, 5) is 11.6. The molecule has 0 bridgehead atoms. The first-order valence-corrected chi connectivity index (χ1v) is 5.60. The summed E-state index contributed by atoms with van der Waals surface area (Å²) in [5.74, 6) is -0.188. The number of aryl methyl sites for hydroxylation is 2. The molecule has 0 saturated carbocycles. The molecule has 1 aliphatic rings. The Bertz CT molecular complexity index is 369. The second kappa shape index (κ2) is 4.47. The highest BCUT2D eigenvalue weighted by Gasteiger charge is 2.14. The number of ether oxygens (including phenoxy) is 1. The third-order valence-corrected chi connectivity index (χ3v) is 2.77. The number of rotatable bonds is 3. The van der Waals surface area contributed by atoms with Crippen molar-refractivity contribution in [2.75, 3.05) is 6.61 Å². The van der Waals surface area contributed by atoms with Gasteiger partial charge in [-0.2, -0.15) is 0 Å². The van der Waals surface area contributed by atoms with Gasteiger partial charge in [0.1, 0.15) is 0 Å². The van der Waals surface area contributed by atoms with E-state index in [2.05, 4.69) is 6.07 Å². The van der Waals surface area contributed by atoms with Gasteiger partial charge in [-0.05, 0) is 48.9 Å². The van der Waals surface area contributed by atoms with Crippen molar-refractivity contribution in [1.82, 2.24) is 0 Å². The Hall–Kier alpha value is -1.31. The normalized spacial score (nSPS) is 13.7. The second-order valence-electron chi connectivity index (χ2n) is 3.97. The van der Waals surface area contributed by atoms with E-state index in [9.17, 15) is 4.79 Å². The van der Waals surface area contributed by atoms with E-state index in [1.54, 1.807) is 0 Å². The molecule has 2 rings (SSSR count). The fourth-order valence-corrected chi connectivity index (χ4v) is 1.98. The van der Waals surface area contributed by atoms with Crippen molar-refractivity contribution in [2.45, 2.75) is 32.6 Å². The van der Waals surface area contributed by atoms with Crippen molar-refractivity contribution in [3.8, 4) is 0 Å². The second-order valence-corrected chi connectivity index (χ2v) is 3.97. The lowest BCUT2D eigenvalue weighted by Gasteiger charge is -2.05. The van der Waals surface area contributed by atoms with Crippen molar-refractivity contribution in [3.63, 3.8) is 0 Å². The van der Waals surface area contributed by atoms with Crippen LogP contribution < -0.4 is 0 Å². The molecule has 1 aromatic carbocycles. The fourth-order valence-electron chi connectivity index (χ4n) is 1.98. The molecule has 0 fully saturated rings. The SMILES string of the molecule is CCCOC(=O)c1ccc2c(c1)CCC2. The van der Waals surface area contributed by atoms with Crippen LogP contribution in [0.4, 0.5) is 0 Å². The summed E-state index contributed by atoms with van der Waals surface area (Å²) < 4.78 is 5.10. The van der Waals surface area contributed by atoms with Gasteiger partial charge in [0.2, 0.25) is 0 Å². The Morgan fingerprint density at radius 2 is 2.13 bits per heavy atom. The van der Waals surface area contributed by atoms with Crippen LogP contribution in [-0.4, -0.2) is 12.6 Å². The van der Waals surface area contributed by atoms with Crippen molar-refractivity contribution >= 4 is 5.97 Å². The number of fused-ring (bicyclic) bond motifs is 1. The monoisotopic (exact) mass is 204 g/mol. The average molecular weight is 204 g/mol. The van der Waals surface area contributed by atoms with E-state index in [1.165, 1.54) is 17.5 Å². The zero-order chi connectivity index (χ0) is 10.7. The van der Waals surface area contributed by atoms with Crippen LogP contribution in [0.25, 0.3) is 0 Å². The Balaban J connectivity index is 2.12. The maximum atomic E-state index is 11.6. The van der Waals surface area contributed by atoms with Crippen molar-refractivity contribution < 1.29 is 9.53 Å². The third kappa shape index (κ3) is 2.20. The minimum Gasteiger partial charge on any atom is -0.462 e. The van der Waals surface area contributed by atoms with Gasteiger partial charge in [0.15, 0.2) is 0 Å². The molecule has 2 nitrogen and oxygen atoms in total. The maximum Gasteiger partial charge on any atom is 0.338 e. The minimum atomic E-state index is -0.188. The lowest BCUT2D eigenvalue weighted by molar-refractivity contribution is 0.0505. The number of hydrogen-bond acceptors (Lipinski definition) is 2. The number of esters is 1. The molecule has 1 aliphatic carbocycles. The zero-order valence-electron chi connectivity index (χ0n) is 9.08. The molecule has 0 spiro atoms. The molecule has 80 valence electrons. The van der Waals surface area contributed by atoms with E-state index in [4.69, 9.17) is 4.74 Å². The van der Waals surface area contributed by atoms with E-state index in [0.29, 0.717) is 12.2 Å². The smallest absolute Gasteiger partial charge is 0.338 e. The van der Waals surface area contributed by atoms with Gasteiger partial charge in [0.25, 0.3) is 0 Å². The summed E-state index contributed by atoms with van der Waals surface area (Å²) in [6.45, 7) is 2.51. The average Bonchev–Trinajstić information content (AvgIpc) is 2.72.